The number of nitrogens with one attached hydrogen (secondary N) is 4. The molecule has 5 unspecified atom stereocenters. The van der Waals surface area contributed by atoms with Crippen LogP contribution in [0, 0.1) is 31.5 Å². The summed E-state index contributed by atoms with van der Waals surface area (Å²) in [5.41, 5.74) is 0.0347. The van der Waals surface area contributed by atoms with Crippen LogP contribution in [-0.4, -0.2) is 178 Å². The summed E-state index contributed by atoms with van der Waals surface area (Å²) in [4.78, 5) is 83.8. The van der Waals surface area contributed by atoms with Crippen molar-refractivity contribution >= 4 is 115 Å². The molecular weight excluding hydrogens is 1160 g/mol. The second kappa shape index (κ2) is 25.5. The van der Waals surface area contributed by atoms with E-state index in [0.29, 0.717) is 0 Å². The van der Waals surface area contributed by atoms with Gasteiger partial charge in [0.05, 0.1) is 105 Å². The molecule has 0 aliphatic carbocycles. The third kappa shape index (κ3) is 14.0. The van der Waals surface area contributed by atoms with Gasteiger partial charge >= 0.3 is 0 Å². The molecule has 6 amide bonds. The van der Waals surface area contributed by atoms with Gasteiger partial charge in [-0.1, -0.05) is 0 Å². The molecule has 62 heavy (non-hydrogen) atoms. The van der Waals surface area contributed by atoms with E-state index in [1.165, 1.54) is 20.8 Å². The number of hydrogen-bond acceptors (Lipinski definition) is 15. The molecule has 21 nitrogen and oxygen atoms in total. The Balaban J connectivity index is 2.84. The van der Waals surface area contributed by atoms with E-state index in [4.69, 9.17) is 0 Å². The number of aliphatic hydroxyl groups is 9. The molecule has 13 N–H and O–H groups in total. The zero-order chi connectivity index (χ0) is 47.3. The fourth-order valence-electron chi connectivity index (χ4n) is 6.17. The number of carbonyl (C=O) groups excluding carboxylic acids is 6. The molecule has 0 aliphatic rings. The van der Waals surface area contributed by atoms with Gasteiger partial charge in [0.2, 0.25) is 11.8 Å². The zero-order valence-electron chi connectivity index (χ0n) is 34.5. The van der Waals surface area contributed by atoms with Crippen LogP contribution in [0.3, 0.4) is 0 Å². The van der Waals surface area contributed by atoms with E-state index in [0.717, 1.165) is 23.6 Å². The van der Waals surface area contributed by atoms with E-state index in [-0.39, 0.29) is 87.2 Å². The van der Waals surface area contributed by atoms with Crippen LogP contribution in [0.2, 0.25) is 0 Å². The van der Waals surface area contributed by atoms with Crippen molar-refractivity contribution in [1.82, 2.24) is 21.3 Å². The molecule has 2 aromatic carbocycles. The van der Waals surface area contributed by atoms with Crippen molar-refractivity contribution < 1.29 is 74.7 Å². The van der Waals surface area contributed by atoms with E-state index >= 15 is 0 Å². The number of anilines is 2. The predicted molar refractivity (Wildman–Crippen MR) is 249 cm³/mol. The van der Waals surface area contributed by atoms with E-state index in [1.807, 2.05) is 0 Å². The van der Waals surface area contributed by atoms with Gasteiger partial charge < -0.3 is 77.0 Å². The van der Waals surface area contributed by atoms with Gasteiger partial charge in [-0.05, 0) is 105 Å². The van der Waals surface area contributed by atoms with E-state index < -0.39 is 105 Å². The minimum atomic E-state index is -1.61. The number of halogens is 3. The Morgan fingerprint density at radius 1 is 0.452 bits per heavy atom. The Hall–Kier alpha value is -2.91. The highest BCUT2D eigenvalue weighted by Gasteiger charge is 2.34. The highest BCUT2D eigenvalue weighted by molar-refractivity contribution is 14.1. The molecule has 0 saturated heterocycles. The molecule has 24 heteroatoms. The third-order valence-corrected chi connectivity index (χ3v) is 12.5. The number of carbonyl (C=O) groups is 6. The van der Waals surface area contributed by atoms with Crippen molar-refractivity contribution in [2.24, 2.45) is 0 Å². The summed E-state index contributed by atoms with van der Waals surface area (Å²) in [5, 5.41) is 98.5. The lowest BCUT2D eigenvalue weighted by atomic mass is 9.93. The monoisotopic (exact) mass is 1210 g/mol. The van der Waals surface area contributed by atoms with Crippen molar-refractivity contribution in [2.75, 3.05) is 75.5 Å². The highest BCUT2D eigenvalue weighted by Crippen LogP contribution is 2.39. The van der Waals surface area contributed by atoms with Crippen molar-refractivity contribution in [3.63, 3.8) is 0 Å². The summed E-state index contributed by atoms with van der Waals surface area (Å²) in [7, 11) is 0. The summed E-state index contributed by atoms with van der Waals surface area (Å²) < 4.78 is 0.373. The molecule has 0 saturated carbocycles. The number of aliphatic hydroxyl groups excluding tert-OH is 9. The van der Waals surface area contributed by atoms with Gasteiger partial charge in [-0.3, -0.25) is 28.8 Å². The van der Waals surface area contributed by atoms with Crippen molar-refractivity contribution in [3.8, 4) is 0 Å². The Bertz CT molecular complexity index is 1750. The largest absolute Gasteiger partial charge is 0.394 e. The Morgan fingerprint density at radius 2 is 0.726 bits per heavy atom. The van der Waals surface area contributed by atoms with Crippen LogP contribution in [0.25, 0.3) is 0 Å². The van der Waals surface area contributed by atoms with E-state index in [2.05, 4.69) is 21.3 Å². The molecule has 0 spiro atoms. The fraction of sp³-hybridized carbons (Fsp3) is 0.526. The number of rotatable bonds is 22. The normalized spacial score (nSPS) is 13.6. The minimum absolute atomic E-state index is 0.00167. The lowest BCUT2D eigenvalue weighted by Crippen LogP contribution is -2.45. The molecule has 0 bridgehead atoms. The highest BCUT2D eigenvalue weighted by atomic mass is 127. The van der Waals surface area contributed by atoms with Crippen LogP contribution in [0.1, 0.15) is 72.0 Å². The molecule has 5 atom stereocenters. The average Bonchev–Trinajstić information content (AvgIpc) is 3.21. The maximum Gasteiger partial charge on any atom is 0.253 e. The first-order valence-electron chi connectivity index (χ1n) is 18.9. The van der Waals surface area contributed by atoms with Crippen molar-refractivity contribution in [3.05, 3.63) is 49.7 Å². The van der Waals surface area contributed by atoms with E-state index in [1.54, 1.807) is 67.8 Å². The first kappa shape index (κ1) is 55.2. The SMILES string of the molecule is CC(=O)N(CC(O)CN(C(C)=O)c1c(C)c(C(=O)NCC(O)CO)c(I)c(C(=O)NCC(O)CO)c1I)c1c(C)c(C(=O)NCC(O)CO)c(C)c(C(=O)NCC(O)CO)c1I. The van der Waals surface area contributed by atoms with Crippen LogP contribution in [0.5, 0.6) is 0 Å². The lowest BCUT2D eigenvalue weighted by molar-refractivity contribution is -0.117. The molecule has 346 valence electrons. The molecular formula is C38H53I3N6O15. The van der Waals surface area contributed by atoms with Gasteiger partial charge in [0.25, 0.3) is 23.6 Å². The minimum Gasteiger partial charge on any atom is -0.394 e. The Kier molecular flexibility index (Phi) is 22.8. The maximum atomic E-state index is 13.7. The van der Waals surface area contributed by atoms with Crippen molar-refractivity contribution in [2.45, 2.75) is 65.1 Å². The average molecular weight is 1210 g/mol. The molecule has 0 fully saturated rings. The van der Waals surface area contributed by atoms with Crippen LogP contribution < -0.4 is 31.1 Å². The topological polar surface area (TPSA) is 339 Å². The van der Waals surface area contributed by atoms with Gasteiger partial charge in [0, 0.05) is 49.2 Å². The standard InChI is InChI=1S/C38H53I3N6O15/c1-16-26(35(59)42-6-21(54)12-48)17(2)33(31(40)27(16)36(60)43-7-22(55)13-49)46(19(4)52)10-25(58)11-47(20(5)53)34-18(3)28(37(61)44-8-23(56)14-50)30(39)29(32(34)41)38(62)45-9-24(57)15-51/h21-25,48-51,54-58H,6-15H2,1-5H3,(H,42,59)(H,43,60)(H,44,61)(H,45,62). The van der Waals surface area contributed by atoms with Crippen LogP contribution in [0.15, 0.2) is 0 Å². The van der Waals surface area contributed by atoms with Gasteiger partial charge in [-0.2, -0.15) is 0 Å². The lowest BCUT2D eigenvalue weighted by Gasteiger charge is -2.33. The summed E-state index contributed by atoms with van der Waals surface area (Å²) in [6.45, 7) is 1.40. The molecule has 2 aromatic rings. The van der Waals surface area contributed by atoms with Gasteiger partial charge in [0.1, 0.15) is 0 Å². The number of benzene rings is 2. The summed E-state index contributed by atoms with van der Waals surface area (Å²) in [6, 6.07) is 0. The molecule has 0 aromatic heterocycles. The zero-order valence-corrected chi connectivity index (χ0v) is 40.9. The molecule has 0 radical (unpaired) electrons. The number of amides is 6. The smallest absolute Gasteiger partial charge is 0.253 e. The second-order valence-electron chi connectivity index (χ2n) is 14.1. The van der Waals surface area contributed by atoms with Gasteiger partial charge in [0.15, 0.2) is 0 Å². The summed E-state index contributed by atoms with van der Waals surface area (Å²) >= 11 is 5.35. The number of hydrogen-bond donors (Lipinski definition) is 13. The van der Waals surface area contributed by atoms with Crippen molar-refractivity contribution in [1.29, 1.82) is 0 Å². The third-order valence-electron chi connectivity index (χ3n) is 9.34. The maximum absolute atomic E-state index is 13.7. The number of nitrogens with zero attached hydrogens (tertiary/aromatic N) is 2. The van der Waals surface area contributed by atoms with Crippen LogP contribution >= 0.6 is 67.8 Å². The fourth-order valence-corrected chi connectivity index (χ4v) is 10.4. The second-order valence-corrected chi connectivity index (χ2v) is 17.3. The molecule has 0 heterocycles. The Labute approximate surface area is 398 Å². The van der Waals surface area contributed by atoms with Crippen LogP contribution in [0.4, 0.5) is 11.4 Å². The van der Waals surface area contributed by atoms with Crippen LogP contribution in [-0.2, 0) is 9.59 Å². The van der Waals surface area contributed by atoms with E-state index in [9.17, 15) is 74.7 Å². The van der Waals surface area contributed by atoms with Gasteiger partial charge in [-0.25, -0.2) is 0 Å². The molecule has 0 aliphatic heterocycles. The molecule has 2 rings (SSSR count). The first-order chi connectivity index (χ1) is 29.0. The summed E-state index contributed by atoms with van der Waals surface area (Å²) in [5.74, 6) is -4.54. The Morgan fingerprint density at radius 3 is 1.05 bits per heavy atom. The predicted octanol–water partition coefficient (Wildman–Crippen LogP) is -2.48. The first-order valence-corrected chi connectivity index (χ1v) is 22.1. The quantitative estimate of drug-likeness (QED) is 0.0544. The van der Waals surface area contributed by atoms with Gasteiger partial charge in [-0.15, -0.1) is 0 Å². The summed E-state index contributed by atoms with van der Waals surface area (Å²) in [6.07, 6.45) is -6.92.